The Labute approximate surface area is 183 Å². The van der Waals surface area contributed by atoms with Crippen molar-refractivity contribution in [3.05, 3.63) is 47.6 Å². The molecule has 1 aromatic carbocycles. The monoisotopic (exact) mass is 416 g/mol. The number of ether oxygens (including phenoxy) is 3. The number of rotatable bonds is 14. The molecule has 5 nitrogen and oxygen atoms in total. The topological polar surface area (TPSA) is 39.9 Å². The Bertz CT molecular complexity index is 695. The third-order valence-corrected chi connectivity index (χ3v) is 5.73. The fourth-order valence-corrected chi connectivity index (χ4v) is 2.77. The van der Waals surface area contributed by atoms with Gasteiger partial charge in [-0.2, -0.15) is 0 Å². The van der Waals surface area contributed by atoms with Gasteiger partial charge < -0.3 is 18.9 Å². The fourth-order valence-electron chi connectivity index (χ4n) is 2.77. The molecule has 0 spiro atoms. The molecule has 0 aliphatic carbocycles. The predicted molar refractivity (Wildman–Crippen MR) is 123 cm³/mol. The van der Waals surface area contributed by atoms with Gasteiger partial charge in [-0.1, -0.05) is 57.9 Å². The highest BCUT2D eigenvalue weighted by Gasteiger charge is 2.38. The largest absolute Gasteiger partial charge is 0.425 e. The van der Waals surface area contributed by atoms with Crippen LogP contribution in [0.2, 0.25) is 6.82 Å². The summed E-state index contributed by atoms with van der Waals surface area (Å²) < 4.78 is 25.2. The van der Waals surface area contributed by atoms with Crippen molar-refractivity contribution in [2.75, 3.05) is 39.6 Å². The molecule has 0 saturated carbocycles. The van der Waals surface area contributed by atoms with E-state index in [1.54, 1.807) is 0 Å². The van der Waals surface area contributed by atoms with Crippen LogP contribution in [-0.4, -0.2) is 62.9 Å². The van der Waals surface area contributed by atoms with Crippen LogP contribution in [0.5, 0.6) is 0 Å². The average Bonchev–Trinajstić information content (AvgIpc) is 2.64. The summed E-state index contributed by atoms with van der Waals surface area (Å²) in [5.74, 6) is 0. The van der Waals surface area contributed by atoms with Gasteiger partial charge in [-0.15, -0.1) is 0 Å². The molecule has 0 atom stereocenters. The zero-order chi connectivity index (χ0) is 22.0. The molecule has 0 fully saturated rings. The molecule has 0 amide bonds. The second kappa shape index (κ2) is 11.8. The van der Waals surface area contributed by atoms with Crippen LogP contribution in [0, 0.1) is 5.41 Å². The predicted octanol–water partition coefficient (Wildman–Crippen LogP) is 4.22. The maximum Gasteiger partial charge on any atom is 0.337 e. The molecular formula is C24H39BNO4+. The van der Waals surface area contributed by atoms with Gasteiger partial charge >= 0.3 is 6.92 Å². The van der Waals surface area contributed by atoms with E-state index in [9.17, 15) is 0 Å². The van der Waals surface area contributed by atoms with E-state index < -0.39 is 0 Å². The van der Waals surface area contributed by atoms with E-state index >= 15 is 0 Å². The lowest BCUT2D eigenvalue weighted by molar-refractivity contribution is -0.466. The van der Waals surface area contributed by atoms with E-state index in [0.29, 0.717) is 39.6 Å². The van der Waals surface area contributed by atoms with Gasteiger partial charge in [0.1, 0.15) is 6.61 Å². The van der Waals surface area contributed by atoms with Gasteiger partial charge in [-0.25, -0.2) is 4.58 Å². The lowest BCUT2D eigenvalue weighted by Gasteiger charge is -2.40. The average molecular weight is 416 g/mol. The molecule has 6 heteroatoms. The highest BCUT2D eigenvalue weighted by molar-refractivity contribution is 6.64. The van der Waals surface area contributed by atoms with Gasteiger partial charge in [0.25, 0.3) is 0 Å². The lowest BCUT2D eigenvalue weighted by atomic mass is 9.60. The minimum absolute atomic E-state index is 0.0916. The summed E-state index contributed by atoms with van der Waals surface area (Å²) in [6.07, 6.45) is 4.29. The third kappa shape index (κ3) is 8.34. The van der Waals surface area contributed by atoms with E-state index in [1.807, 2.05) is 18.2 Å². The van der Waals surface area contributed by atoms with Gasteiger partial charge in [-0.05, 0) is 24.8 Å². The number of nitrogens with zero attached hydrogens (tertiary/aromatic N) is 1. The number of benzene rings is 1. The summed E-state index contributed by atoms with van der Waals surface area (Å²) in [6, 6.07) is 10.2. The maximum atomic E-state index is 6.29. The fraction of sp³-hybridized carbons (Fsp3) is 0.625. The smallest absolute Gasteiger partial charge is 0.337 e. The Balaban J connectivity index is 1.45. The van der Waals surface area contributed by atoms with E-state index in [2.05, 4.69) is 70.6 Å². The molecule has 0 aromatic heterocycles. The van der Waals surface area contributed by atoms with Crippen LogP contribution >= 0.6 is 0 Å². The van der Waals surface area contributed by atoms with Gasteiger partial charge in [-0.3, -0.25) is 0 Å². The van der Waals surface area contributed by atoms with Crippen molar-refractivity contribution in [3.8, 4) is 0 Å². The van der Waals surface area contributed by atoms with Crippen molar-refractivity contribution < 1.29 is 23.4 Å². The minimum Gasteiger partial charge on any atom is -0.425 e. The van der Waals surface area contributed by atoms with Crippen LogP contribution in [0.25, 0.3) is 0 Å². The van der Waals surface area contributed by atoms with Crippen LogP contribution < -0.4 is 0 Å². The van der Waals surface area contributed by atoms with Crippen LogP contribution in [-0.2, 0) is 25.5 Å². The minimum atomic E-state index is -0.183. The zero-order valence-electron chi connectivity index (χ0n) is 19.6. The van der Waals surface area contributed by atoms with Crippen molar-refractivity contribution in [1.82, 2.24) is 0 Å². The molecule has 1 aromatic rings. The number of hydrogen-bond donors (Lipinski definition) is 0. The highest BCUT2D eigenvalue weighted by atomic mass is 16.5. The summed E-state index contributed by atoms with van der Waals surface area (Å²) in [5, 5.41) is 0. The lowest BCUT2D eigenvalue weighted by Crippen LogP contribution is -2.45. The molecule has 1 aliphatic rings. The Hall–Kier alpha value is -1.47. The molecule has 0 saturated heterocycles. The van der Waals surface area contributed by atoms with E-state index in [0.717, 1.165) is 6.54 Å². The van der Waals surface area contributed by atoms with Crippen molar-refractivity contribution in [1.29, 1.82) is 0 Å². The number of allylic oxidation sites excluding steroid dienone is 1. The SMILES string of the molecule is CB(OC(C)(C)C(C)(C)C)C1=C[N+](CCOCCOCCOCc2ccccc2)=C1. The molecule has 166 valence electrons. The molecule has 2 rings (SSSR count). The summed E-state index contributed by atoms with van der Waals surface area (Å²) in [6.45, 7) is 17.7. The first-order chi connectivity index (χ1) is 14.2. The molecule has 0 unspecified atom stereocenters. The molecule has 30 heavy (non-hydrogen) atoms. The first-order valence-electron chi connectivity index (χ1n) is 11.0. The molecule has 0 N–H and O–H groups in total. The summed E-state index contributed by atoms with van der Waals surface area (Å²) >= 11 is 0. The first-order valence-corrected chi connectivity index (χ1v) is 11.0. The van der Waals surface area contributed by atoms with Crippen molar-refractivity contribution in [2.24, 2.45) is 5.41 Å². The molecule has 0 radical (unpaired) electrons. The maximum absolute atomic E-state index is 6.29. The molecule has 0 bridgehead atoms. The second-order valence-corrected chi connectivity index (χ2v) is 9.28. The summed E-state index contributed by atoms with van der Waals surface area (Å²) in [4.78, 5) is 0. The van der Waals surface area contributed by atoms with E-state index in [-0.39, 0.29) is 17.9 Å². The quantitative estimate of drug-likeness (QED) is 0.259. The Morgan fingerprint density at radius 2 is 1.40 bits per heavy atom. The van der Waals surface area contributed by atoms with Crippen LogP contribution in [0.3, 0.4) is 0 Å². The van der Waals surface area contributed by atoms with Crippen molar-refractivity contribution in [3.63, 3.8) is 0 Å². The molecular weight excluding hydrogens is 377 g/mol. The Morgan fingerprint density at radius 3 is 2.00 bits per heavy atom. The normalized spacial score (nSPS) is 14.2. The number of hydrogen-bond acceptors (Lipinski definition) is 4. The van der Waals surface area contributed by atoms with Crippen molar-refractivity contribution in [2.45, 2.75) is 53.6 Å². The molecule has 1 aliphatic heterocycles. The van der Waals surface area contributed by atoms with E-state index in [1.165, 1.54) is 11.0 Å². The summed E-state index contributed by atoms with van der Waals surface area (Å²) in [7, 11) is 0. The third-order valence-electron chi connectivity index (χ3n) is 5.73. The first kappa shape index (κ1) is 24.8. The van der Waals surface area contributed by atoms with E-state index in [4.69, 9.17) is 18.9 Å². The van der Waals surface area contributed by atoms with Gasteiger partial charge in [0.05, 0.1) is 44.1 Å². The van der Waals surface area contributed by atoms with Gasteiger partial charge in [0.2, 0.25) is 0 Å². The highest BCUT2D eigenvalue weighted by Crippen LogP contribution is 2.34. The standard InChI is InChI=1S/C24H39BNO4/c1-23(2,3)24(4,5)30-25(6)22-18-26(19-22)12-13-27-14-15-28-16-17-29-20-21-10-8-7-9-11-21/h7-11,18-19H,12-17,20H2,1-6H3/q+1. The second-order valence-electron chi connectivity index (χ2n) is 9.28. The molecule has 1 heterocycles. The summed E-state index contributed by atoms with van der Waals surface area (Å²) in [5.41, 5.74) is 2.32. The zero-order valence-corrected chi connectivity index (χ0v) is 19.6. The van der Waals surface area contributed by atoms with Crippen LogP contribution in [0.4, 0.5) is 0 Å². The Kier molecular flexibility index (Phi) is 9.75. The van der Waals surface area contributed by atoms with Crippen LogP contribution in [0.1, 0.15) is 40.2 Å². The van der Waals surface area contributed by atoms with Gasteiger partial charge in [0, 0.05) is 0 Å². The van der Waals surface area contributed by atoms with Crippen LogP contribution in [0.15, 0.2) is 42.0 Å². The van der Waals surface area contributed by atoms with Gasteiger partial charge in [0.15, 0.2) is 19.0 Å². The Morgan fingerprint density at radius 1 is 0.833 bits per heavy atom. The van der Waals surface area contributed by atoms with Crippen molar-refractivity contribution >= 4 is 13.1 Å².